The fraction of sp³-hybridized carbons (Fsp3) is 0.905. The maximum Gasteiger partial charge on any atom is 0.242 e. The molecule has 2 amide bonds. The number of hydrogen-bond donors (Lipinski definition) is 1. The lowest BCUT2D eigenvalue weighted by molar-refractivity contribution is -0.138. The van der Waals surface area contributed by atoms with E-state index < -0.39 is 0 Å². The minimum Gasteiger partial charge on any atom is -0.379 e. The summed E-state index contributed by atoms with van der Waals surface area (Å²) in [6, 6.07) is -0.284. The first kappa shape index (κ1) is 23.9. The molecule has 1 atom stereocenters. The molecule has 27 heavy (non-hydrogen) atoms. The summed E-state index contributed by atoms with van der Waals surface area (Å²) in [5, 5.41) is 2.99. The Morgan fingerprint density at radius 2 is 1.59 bits per heavy atom. The summed E-state index contributed by atoms with van der Waals surface area (Å²) in [6.07, 6.45) is 7.39. The Kier molecular flexibility index (Phi) is 12.3. The molecule has 6 nitrogen and oxygen atoms in total. The Morgan fingerprint density at radius 1 is 0.963 bits per heavy atom. The molecule has 1 rings (SSSR count). The minimum absolute atomic E-state index is 0.00374. The highest BCUT2D eigenvalue weighted by Gasteiger charge is 2.33. The second-order valence-electron chi connectivity index (χ2n) is 7.89. The molecule has 1 N–H and O–H groups in total. The van der Waals surface area contributed by atoms with Crippen LogP contribution >= 0.6 is 0 Å². The molecule has 6 heteroatoms. The third-order valence-corrected chi connectivity index (χ3v) is 4.68. The lowest BCUT2D eigenvalue weighted by atomic mass is 10.1. The van der Waals surface area contributed by atoms with Crippen molar-refractivity contribution in [3.05, 3.63) is 0 Å². The Labute approximate surface area is 165 Å². The molecule has 0 aromatic rings. The first-order valence-corrected chi connectivity index (χ1v) is 10.7. The van der Waals surface area contributed by atoms with Gasteiger partial charge in [0.15, 0.2) is 0 Å². The van der Waals surface area contributed by atoms with Crippen molar-refractivity contribution in [3.63, 3.8) is 0 Å². The van der Waals surface area contributed by atoms with Gasteiger partial charge in [-0.2, -0.15) is 0 Å². The number of unbranched alkanes of at least 4 members (excludes halogenated alkanes) is 3. The number of nitrogens with one attached hydrogen (secondary N) is 1. The maximum atomic E-state index is 12.5. The number of carbonyl (C=O) groups excluding carboxylic acids is 2. The molecule has 0 aromatic heterocycles. The molecule has 0 saturated carbocycles. The quantitative estimate of drug-likeness (QED) is 0.467. The summed E-state index contributed by atoms with van der Waals surface area (Å²) in [7, 11) is 0. The molecule has 0 aromatic carbocycles. The second-order valence-corrected chi connectivity index (χ2v) is 7.89. The van der Waals surface area contributed by atoms with Crippen molar-refractivity contribution in [3.8, 4) is 0 Å². The number of hydrogen-bond acceptors (Lipinski definition) is 4. The van der Waals surface area contributed by atoms with Crippen molar-refractivity contribution in [2.45, 2.75) is 97.3 Å². The highest BCUT2D eigenvalue weighted by molar-refractivity contribution is 5.88. The van der Waals surface area contributed by atoms with Gasteiger partial charge in [-0.15, -0.1) is 0 Å². The van der Waals surface area contributed by atoms with Crippen LogP contribution in [0.2, 0.25) is 0 Å². The number of amides is 2. The first-order chi connectivity index (χ1) is 12.9. The molecule has 0 spiro atoms. The van der Waals surface area contributed by atoms with Crippen LogP contribution in [0, 0.1) is 0 Å². The SMILES string of the molecule is CC(C)OCCCCCC(=O)N1CCC[C@@H]1C(=O)NCCCCOC(C)C. The number of nitrogens with zero attached hydrogens (tertiary/aromatic N) is 1. The highest BCUT2D eigenvalue weighted by Crippen LogP contribution is 2.19. The van der Waals surface area contributed by atoms with Gasteiger partial charge in [-0.25, -0.2) is 0 Å². The fourth-order valence-corrected chi connectivity index (χ4v) is 3.23. The van der Waals surface area contributed by atoms with Gasteiger partial charge < -0.3 is 19.7 Å². The van der Waals surface area contributed by atoms with E-state index in [-0.39, 0.29) is 30.1 Å². The van der Waals surface area contributed by atoms with E-state index >= 15 is 0 Å². The molecule has 0 radical (unpaired) electrons. The Hall–Kier alpha value is -1.14. The van der Waals surface area contributed by atoms with Gasteiger partial charge in [0.25, 0.3) is 0 Å². The third-order valence-electron chi connectivity index (χ3n) is 4.68. The molecule has 1 aliphatic rings. The second kappa shape index (κ2) is 13.9. The fourth-order valence-electron chi connectivity index (χ4n) is 3.23. The summed E-state index contributed by atoms with van der Waals surface area (Å²) in [5.41, 5.74) is 0. The summed E-state index contributed by atoms with van der Waals surface area (Å²) >= 11 is 0. The zero-order valence-corrected chi connectivity index (χ0v) is 17.8. The van der Waals surface area contributed by atoms with Crippen LogP contribution in [0.25, 0.3) is 0 Å². The molecular weight excluding hydrogens is 344 g/mol. The zero-order chi connectivity index (χ0) is 20.1. The number of ether oxygens (including phenoxy) is 2. The molecule has 1 fully saturated rings. The van der Waals surface area contributed by atoms with Crippen molar-refractivity contribution >= 4 is 11.8 Å². The van der Waals surface area contributed by atoms with E-state index in [0.717, 1.165) is 58.2 Å². The normalized spacial score (nSPS) is 17.1. The van der Waals surface area contributed by atoms with E-state index in [1.807, 2.05) is 27.7 Å². The van der Waals surface area contributed by atoms with Gasteiger partial charge in [-0.3, -0.25) is 9.59 Å². The van der Waals surface area contributed by atoms with Crippen molar-refractivity contribution in [2.75, 3.05) is 26.3 Å². The van der Waals surface area contributed by atoms with Gasteiger partial charge in [-0.1, -0.05) is 6.42 Å². The summed E-state index contributed by atoms with van der Waals surface area (Å²) in [5.74, 6) is 0.110. The van der Waals surface area contributed by atoms with E-state index in [4.69, 9.17) is 9.47 Å². The molecule has 0 aliphatic carbocycles. The van der Waals surface area contributed by atoms with E-state index in [1.54, 1.807) is 4.90 Å². The average Bonchev–Trinajstić information content (AvgIpc) is 3.10. The molecule has 1 heterocycles. The van der Waals surface area contributed by atoms with Gasteiger partial charge >= 0.3 is 0 Å². The van der Waals surface area contributed by atoms with Gasteiger partial charge in [-0.05, 0) is 66.2 Å². The number of carbonyl (C=O) groups is 2. The topological polar surface area (TPSA) is 67.9 Å². The van der Waals surface area contributed by atoms with Gasteiger partial charge in [0.05, 0.1) is 12.2 Å². The van der Waals surface area contributed by atoms with E-state index in [2.05, 4.69) is 5.32 Å². The smallest absolute Gasteiger partial charge is 0.242 e. The van der Waals surface area contributed by atoms with E-state index in [1.165, 1.54) is 0 Å². The summed E-state index contributed by atoms with van der Waals surface area (Å²) in [4.78, 5) is 26.7. The van der Waals surface area contributed by atoms with Crippen LogP contribution in [0.1, 0.15) is 79.1 Å². The average molecular weight is 385 g/mol. The first-order valence-electron chi connectivity index (χ1n) is 10.7. The monoisotopic (exact) mass is 384 g/mol. The van der Waals surface area contributed by atoms with Gasteiger partial charge in [0.2, 0.25) is 11.8 Å². The zero-order valence-electron chi connectivity index (χ0n) is 17.8. The molecular formula is C21H40N2O4. The molecule has 158 valence electrons. The van der Waals surface area contributed by atoms with Crippen LogP contribution in [0.4, 0.5) is 0 Å². The summed E-state index contributed by atoms with van der Waals surface area (Å²) < 4.78 is 11.0. The minimum atomic E-state index is -0.284. The van der Waals surface area contributed by atoms with Crippen molar-refractivity contribution in [1.82, 2.24) is 10.2 Å². The highest BCUT2D eigenvalue weighted by atomic mass is 16.5. The van der Waals surface area contributed by atoms with Crippen LogP contribution in [0.15, 0.2) is 0 Å². The van der Waals surface area contributed by atoms with Crippen LogP contribution in [-0.2, 0) is 19.1 Å². The molecule has 1 saturated heterocycles. The standard InChI is InChI=1S/C21H40N2O4/c1-17(2)26-15-8-5-6-12-20(24)23-14-10-11-19(23)21(25)22-13-7-9-16-27-18(3)4/h17-19H,5-16H2,1-4H3,(H,22,25)/t19-/m1/s1. The van der Waals surface area contributed by atoms with Crippen LogP contribution in [-0.4, -0.2) is 61.3 Å². The van der Waals surface area contributed by atoms with Crippen molar-refractivity contribution in [2.24, 2.45) is 0 Å². The number of rotatable bonds is 14. The van der Waals surface area contributed by atoms with Crippen LogP contribution < -0.4 is 5.32 Å². The Balaban J connectivity index is 2.19. The van der Waals surface area contributed by atoms with Crippen LogP contribution in [0.5, 0.6) is 0 Å². The third kappa shape index (κ3) is 10.7. The summed E-state index contributed by atoms with van der Waals surface area (Å²) in [6.45, 7) is 10.9. The lowest BCUT2D eigenvalue weighted by Gasteiger charge is -2.24. The van der Waals surface area contributed by atoms with Gasteiger partial charge in [0, 0.05) is 32.7 Å². The van der Waals surface area contributed by atoms with Gasteiger partial charge in [0.1, 0.15) is 6.04 Å². The predicted molar refractivity (Wildman–Crippen MR) is 108 cm³/mol. The number of likely N-dealkylation sites (tertiary alicyclic amines) is 1. The Morgan fingerprint density at radius 3 is 2.22 bits per heavy atom. The molecule has 0 unspecified atom stereocenters. The lowest BCUT2D eigenvalue weighted by Crippen LogP contribution is -2.46. The van der Waals surface area contributed by atoms with E-state index in [0.29, 0.717) is 19.5 Å². The van der Waals surface area contributed by atoms with Crippen molar-refractivity contribution < 1.29 is 19.1 Å². The molecule has 0 bridgehead atoms. The maximum absolute atomic E-state index is 12.5. The predicted octanol–water partition coefficient (Wildman–Crippen LogP) is 3.28. The molecule has 1 aliphatic heterocycles. The largest absolute Gasteiger partial charge is 0.379 e. The van der Waals surface area contributed by atoms with Crippen LogP contribution in [0.3, 0.4) is 0 Å². The van der Waals surface area contributed by atoms with E-state index in [9.17, 15) is 9.59 Å². The Bertz CT molecular complexity index is 388. The van der Waals surface area contributed by atoms with Crippen molar-refractivity contribution in [1.29, 1.82) is 0 Å².